The Morgan fingerprint density at radius 3 is 2.42 bits per heavy atom. The molecule has 1 aromatic carbocycles. The summed E-state index contributed by atoms with van der Waals surface area (Å²) in [5, 5.41) is 6.16. The summed E-state index contributed by atoms with van der Waals surface area (Å²) >= 11 is 1.47. The molecule has 1 aliphatic heterocycles. The van der Waals surface area contributed by atoms with E-state index in [-0.39, 0.29) is 22.8 Å². The largest absolute Gasteiger partial charge is 0.355 e. The fourth-order valence-corrected chi connectivity index (χ4v) is 7.69. The van der Waals surface area contributed by atoms with Crippen molar-refractivity contribution in [2.45, 2.75) is 69.2 Å². The number of anilines is 1. The average Bonchev–Trinajstić information content (AvgIpc) is 2.98. The van der Waals surface area contributed by atoms with Gasteiger partial charge in [-0.15, -0.1) is 11.3 Å². The highest BCUT2D eigenvalue weighted by molar-refractivity contribution is 7.89. The minimum absolute atomic E-state index is 0.0241. The van der Waals surface area contributed by atoms with Crippen molar-refractivity contribution < 1.29 is 18.0 Å². The van der Waals surface area contributed by atoms with Crippen molar-refractivity contribution in [2.75, 3.05) is 18.9 Å². The van der Waals surface area contributed by atoms with Gasteiger partial charge in [-0.25, -0.2) is 8.42 Å². The molecule has 0 unspecified atom stereocenters. The molecule has 2 N–H and O–H groups in total. The Morgan fingerprint density at radius 2 is 1.73 bits per heavy atom. The predicted octanol–water partition coefficient (Wildman–Crippen LogP) is 4.19. The van der Waals surface area contributed by atoms with E-state index in [1.807, 2.05) is 6.92 Å². The van der Waals surface area contributed by atoms with Gasteiger partial charge in [-0.05, 0) is 75.3 Å². The lowest BCUT2D eigenvalue weighted by Gasteiger charge is -2.32. The molecule has 0 saturated carbocycles. The number of hydrogen-bond acceptors (Lipinski definition) is 5. The van der Waals surface area contributed by atoms with E-state index in [1.54, 1.807) is 11.4 Å². The molecular formula is C24H31N3O4S2. The highest BCUT2D eigenvalue weighted by atomic mass is 32.2. The van der Waals surface area contributed by atoms with E-state index in [2.05, 4.69) is 10.6 Å². The maximum absolute atomic E-state index is 13.0. The SMILES string of the molecule is CNC(=O)c1c(NC(=O)c2ccc(S(=O)(=O)N3CCCC[C@H]3C)cc2)sc2c1CCCCC2. The zero-order valence-electron chi connectivity index (χ0n) is 19.1. The van der Waals surface area contributed by atoms with Crippen molar-refractivity contribution in [1.82, 2.24) is 9.62 Å². The van der Waals surface area contributed by atoms with Gasteiger partial charge in [0.25, 0.3) is 11.8 Å². The van der Waals surface area contributed by atoms with Crippen LogP contribution in [0, 0.1) is 0 Å². The average molecular weight is 490 g/mol. The summed E-state index contributed by atoms with van der Waals surface area (Å²) in [6, 6.07) is 6.04. The number of sulfonamides is 1. The van der Waals surface area contributed by atoms with Crippen LogP contribution in [0.3, 0.4) is 0 Å². The molecule has 2 heterocycles. The van der Waals surface area contributed by atoms with Gasteiger partial charge in [0.05, 0.1) is 10.5 Å². The normalized spacial score (nSPS) is 19.4. The van der Waals surface area contributed by atoms with E-state index >= 15 is 0 Å². The van der Waals surface area contributed by atoms with Crippen LogP contribution in [0.2, 0.25) is 0 Å². The minimum atomic E-state index is -3.59. The smallest absolute Gasteiger partial charge is 0.256 e. The third-order valence-corrected chi connectivity index (χ3v) is 9.80. The fraction of sp³-hybridized carbons (Fsp3) is 0.500. The predicted molar refractivity (Wildman–Crippen MR) is 131 cm³/mol. The van der Waals surface area contributed by atoms with E-state index in [0.717, 1.165) is 56.9 Å². The highest BCUT2D eigenvalue weighted by Crippen LogP contribution is 2.37. The fourth-order valence-electron chi connectivity index (χ4n) is 4.71. The molecule has 1 fully saturated rings. The van der Waals surface area contributed by atoms with Gasteiger partial charge in [0.2, 0.25) is 10.0 Å². The van der Waals surface area contributed by atoms with Gasteiger partial charge in [-0.1, -0.05) is 12.8 Å². The number of aryl methyl sites for hydroxylation is 1. The summed E-state index contributed by atoms with van der Waals surface area (Å²) < 4.78 is 27.6. The van der Waals surface area contributed by atoms with Crippen LogP contribution in [0.25, 0.3) is 0 Å². The zero-order chi connectivity index (χ0) is 23.6. The molecule has 1 atom stereocenters. The van der Waals surface area contributed by atoms with Gasteiger partial charge < -0.3 is 10.6 Å². The molecule has 4 rings (SSSR count). The molecule has 33 heavy (non-hydrogen) atoms. The van der Waals surface area contributed by atoms with Crippen LogP contribution < -0.4 is 10.6 Å². The quantitative estimate of drug-likeness (QED) is 0.616. The number of benzene rings is 1. The summed E-state index contributed by atoms with van der Waals surface area (Å²) in [6.45, 7) is 2.46. The summed E-state index contributed by atoms with van der Waals surface area (Å²) in [4.78, 5) is 26.9. The molecule has 0 spiro atoms. The summed E-state index contributed by atoms with van der Waals surface area (Å²) in [7, 11) is -1.99. The lowest BCUT2D eigenvalue weighted by atomic mass is 10.0. The molecular weight excluding hydrogens is 458 g/mol. The third kappa shape index (κ3) is 4.85. The van der Waals surface area contributed by atoms with Gasteiger partial charge in [-0.3, -0.25) is 9.59 Å². The van der Waals surface area contributed by atoms with Crippen molar-refractivity contribution in [3.05, 3.63) is 45.8 Å². The zero-order valence-corrected chi connectivity index (χ0v) is 20.8. The van der Waals surface area contributed by atoms with Crippen LogP contribution in [0.15, 0.2) is 29.2 Å². The van der Waals surface area contributed by atoms with Crippen molar-refractivity contribution in [1.29, 1.82) is 0 Å². The van der Waals surface area contributed by atoms with Crippen LogP contribution in [-0.2, 0) is 22.9 Å². The summed E-state index contributed by atoms with van der Waals surface area (Å²) in [5.74, 6) is -0.548. The second-order valence-electron chi connectivity index (χ2n) is 8.79. The highest BCUT2D eigenvalue weighted by Gasteiger charge is 2.31. The number of carbonyl (C=O) groups excluding carboxylic acids is 2. The Balaban J connectivity index is 1.56. The maximum atomic E-state index is 13.0. The maximum Gasteiger partial charge on any atom is 0.256 e. The van der Waals surface area contributed by atoms with Crippen LogP contribution in [0.1, 0.15) is 76.6 Å². The second kappa shape index (κ2) is 9.95. The monoisotopic (exact) mass is 489 g/mol. The summed E-state index contributed by atoms with van der Waals surface area (Å²) in [5.41, 5.74) is 1.96. The number of hydrogen-bond donors (Lipinski definition) is 2. The third-order valence-electron chi connectivity index (χ3n) is 6.57. The number of amides is 2. The first-order valence-corrected chi connectivity index (χ1v) is 13.9. The molecule has 0 radical (unpaired) electrons. The number of fused-ring (bicyclic) bond motifs is 1. The van der Waals surface area contributed by atoms with Gasteiger partial charge in [0, 0.05) is 30.1 Å². The van der Waals surface area contributed by atoms with Crippen LogP contribution in [0.5, 0.6) is 0 Å². The number of carbonyl (C=O) groups is 2. The molecule has 1 aliphatic carbocycles. The first kappa shape index (κ1) is 23.9. The van der Waals surface area contributed by atoms with Crippen molar-refractivity contribution in [2.24, 2.45) is 0 Å². The van der Waals surface area contributed by atoms with Crippen molar-refractivity contribution >= 4 is 38.2 Å². The molecule has 7 nitrogen and oxygen atoms in total. The molecule has 1 aromatic heterocycles. The van der Waals surface area contributed by atoms with Gasteiger partial charge in [0.15, 0.2) is 0 Å². The van der Waals surface area contributed by atoms with Crippen LogP contribution in [0.4, 0.5) is 5.00 Å². The molecule has 2 aliphatic rings. The molecule has 178 valence electrons. The Hall–Kier alpha value is -2.23. The van der Waals surface area contributed by atoms with Crippen molar-refractivity contribution in [3.8, 4) is 0 Å². The van der Waals surface area contributed by atoms with Gasteiger partial charge in [-0.2, -0.15) is 4.31 Å². The molecule has 9 heteroatoms. The second-order valence-corrected chi connectivity index (χ2v) is 11.8. The molecule has 0 bridgehead atoms. The number of thiophene rings is 1. The number of nitrogens with one attached hydrogen (secondary N) is 2. The Kier molecular flexibility index (Phi) is 7.21. The molecule has 1 saturated heterocycles. The van der Waals surface area contributed by atoms with E-state index < -0.39 is 10.0 Å². The lowest BCUT2D eigenvalue weighted by molar-refractivity contribution is 0.0963. The number of piperidine rings is 1. The van der Waals surface area contributed by atoms with Crippen LogP contribution >= 0.6 is 11.3 Å². The van der Waals surface area contributed by atoms with Crippen LogP contribution in [-0.4, -0.2) is 44.2 Å². The lowest BCUT2D eigenvalue weighted by Crippen LogP contribution is -2.41. The standard InChI is InChI=1S/C24H31N3O4S2/c1-16-8-6-7-15-27(16)33(30,31)18-13-11-17(12-14-18)22(28)26-24-21(23(29)25-2)19-9-4-3-5-10-20(19)32-24/h11-14,16H,3-10,15H2,1-2H3,(H,25,29)(H,26,28)/t16-/m1/s1. The Labute approximate surface area is 199 Å². The minimum Gasteiger partial charge on any atom is -0.355 e. The molecule has 2 aromatic rings. The van der Waals surface area contributed by atoms with Gasteiger partial charge in [0.1, 0.15) is 5.00 Å². The first-order chi connectivity index (χ1) is 15.8. The Morgan fingerprint density at radius 1 is 1.00 bits per heavy atom. The van der Waals surface area contributed by atoms with Crippen molar-refractivity contribution in [3.63, 3.8) is 0 Å². The first-order valence-electron chi connectivity index (χ1n) is 11.6. The topological polar surface area (TPSA) is 95.6 Å². The number of rotatable bonds is 5. The summed E-state index contributed by atoms with van der Waals surface area (Å²) in [6.07, 6.45) is 7.78. The molecule has 2 amide bonds. The van der Waals surface area contributed by atoms with E-state index in [9.17, 15) is 18.0 Å². The number of nitrogens with zero attached hydrogens (tertiary/aromatic N) is 1. The van der Waals surface area contributed by atoms with E-state index in [0.29, 0.717) is 22.7 Å². The van der Waals surface area contributed by atoms with Gasteiger partial charge >= 0.3 is 0 Å². The van der Waals surface area contributed by atoms with E-state index in [1.165, 1.54) is 40.5 Å². The Bertz CT molecular complexity index is 1140. The van der Waals surface area contributed by atoms with E-state index in [4.69, 9.17) is 0 Å².